The molecule has 7 heteroatoms. The summed E-state index contributed by atoms with van der Waals surface area (Å²) in [4.78, 5) is 10.4. The van der Waals surface area contributed by atoms with E-state index in [1.54, 1.807) is 0 Å². The quantitative estimate of drug-likeness (QED) is 0.390. The van der Waals surface area contributed by atoms with Crippen molar-refractivity contribution in [2.75, 3.05) is 13.2 Å². The Hall–Kier alpha value is -2.71. The highest BCUT2D eigenvalue weighted by molar-refractivity contribution is 6.74. The first kappa shape index (κ1) is 25.4. The minimum absolute atomic E-state index is 0.0826. The third kappa shape index (κ3) is 5.59. The lowest BCUT2D eigenvalue weighted by molar-refractivity contribution is -0.0893. The average Bonchev–Trinajstić information content (AvgIpc) is 3.26. The van der Waals surface area contributed by atoms with Crippen molar-refractivity contribution in [2.24, 2.45) is 0 Å². The fourth-order valence-corrected chi connectivity index (χ4v) is 4.78. The normalized spacial score (nSPS) is 18.4. The summed E-state index contributed by atoms with van der Waals surface area (Å²) < 4.78 is 12.4. The number of hydrogen-bond acceptors (Lipinski definition) is 6. The lowest BCUT2D eigenvalue weighted by atomic mass is 10.0. The fraction of sp³-hybridized carbons (Fsp3) is 0.393. The Labute approximate surface area is 209 Å². The smallest absolute Gasteiger partial charge is 0.192 e. The molecule has 186 valence electrons. The number of nitrogens with one attached hydrogen (secondary N) is 1. The van der Waals surface area contributed by atoms with Gasteiger partial charge in [-0.05, 0) is 73.1 Å². The van der Waals surface area contributed by atoms with Crippen LogP contribution in [0.25, 0.3) is 16.6 Å². The van der Waals surface area contributed by atoms with Crippen LogP contribution in [0.15, 0.2) is 60.7 Å². The molecule has 2 heterocycles. The zero-order valence-electron chi connectivity index (χ0n) is 21.5. The lowest BCUT2D eigenvalue weighted by Gasteiger charge is -2.38. The third-order valence-corrected chi connectivity index (χ3v) is 11.5. The van der Waals surface area contributed by atoms with Gasteiger partial charge >= 0.3 is 0 Å². The number of hydroxylamine groups is 1. The van der Waals surface area contributed by atoms with E-state index in [1.165, 1.54) is 0 Å². The number of ether oxygens (including phenoxy) is 1. The van der Waals surface area contributed by atoms with E-state index < -0.39 is 13.9 Å². The molecule has 0 spiro atoms. The molecule has 0 amide bonds. The van der Waals surface area contributed by atoms with Crippen LogP contribution in [0, 0.1) is 6.92 Å². The van der Waals surface area contributed by atoms with E-state index in [2.05, 4.69) is 56.5 Å². The van der Waals surface area contributed by atoms with Gasteiger partial charge in [-0.2, -0.15) is 0 Å². The number of aliphatic hydroxyl groups excluding tert-OH is 1. The van der Waals surface area contributed by atoms with Crippen molar-refractivity contribution in [3.05, 3.63) is 77.5 Å². The molecule has 1 aliphatic heterocycles. The molecular weight excluding hydrogens is 456 g/mol. The van der Waals surface area contributed by atoms with Crippen molar-refractivity contribution in [3.63, 3.8) is 0 Å². The first-order valence-corrected chi connectivity index (χ1v) is 14.9. The zero-order valence-corrected chi connectivity index (χ0v) is 22.5. The number of aryl methyl sites for hydroxylation is 1. The summed E-state index contributed by atoms with van der Waals surface area (Å²) in [5.41, 5.74) is 6.90. The van der Waals surface area contributed by atoms with E-state index in [-0.39, 0.29) is 11.6 Å². The Morgan fingerprint density at radius 2 is 1.80 bits per heavy atom. The van der Waals surface area contributed by atoms with E-state index in [4.69, 9.17) is 14.0 Å². The minimum atomic E-state index is -1.97. The van der Waals surface area contributed by atoms with Crippen molar-refractivity contribution in [3.8, 4) is 5.75 Å². The monoisotopic (exact) mass is 492 g/mol. The van der Waals surface area contributed by atoms with Crippen molar-refractivity contribution >= 4 is 24.9 Å². The van der Waals surface area contributed by atoms with Gasteiger partial charge < -0.3 is 14.3 Å². The fourth-order valence-electron chi connectivity index (χ4n) is 3.74. The van der Waals surface area contributed by atoms with Crippen LogP contribution in [-0.2, 0) is 15.9 Å². The molecule has 1 aromatic heterocycles. The molecule has 1 aliphatic rings. The largest absolute Gasteiger partial charge is 0.489 e. The Morgan fingerprint density at radius 3 is 2.49 bits per heavy atom. The number of rotatable bonds is 8. The number of nitrogens with zero attached hydrogens (tertiary/aromatic N) is 1. The summed E-state index contributed by atoms with van der Waals surface area (Å²) in [6.45, 7) is 13.6. The maximum Gasteiger partial charge on any atom is 0.192 e. The molecule has 0 saturated heterocycles. The molecule has 0 fully saturated rings. The van der Waals surface area contributed by atoms with Crippen LogP contribution in [-0.4, -0.2) is 37.2 Å². The van der Waals surface area contributed by atoms with Crippen molar-refractivity contribution < 1.29 is 19.1 Å². The molecular formula is C28H36N2O4Si. The van der Waals surface area contributed by atoms with E-state index in [1.807, 2.05) is 55.5 Å². The molecule has 0 saturated carbocycles. The van der Waals surface area contributed by atoms with Crippen molar-refractivity contribution in [2.45, 2.75) is 58.0 Å². The Balaban J connectivity index is 1.44. The van der Waals surface area contributed by atoms with Gasteiger partial charge in [0.1, 0.15) is 12.4 Å². The second kappa shape index (κ2) is 9.74. The predicted octanol–water partition coefficient (Wildman–Crippen LogP) is 5.75. The summed E-state index contributed by atoms with van der Waals surface area (Å²) in [5.74, 6) is 0.779. The second-order valence-corrected chi connectivity index (χ2v) is 15.6. The molecule has 4 rings (SSSR count). The Kier molecular flexibility index (Phi) is 7.06. The van der Waals surface area contributed by atoms with Crippen LogP contribution >= 0.6 is 0 Å². The maximum atomic E-state index is 10.1. The van der Waals surface area contributed by atoms with Gasteiger partial charge in [-0.3, -0.25) is 15.3 Å². The molecule has 2 N–H and O–H groups in total. The van der Waals surface area contributed by atoms with Gasteiger partial charge in [-0.1, -0.05) is 39.0 Å². The first-order valence-electron chi connectivity index (χ1n) is 12.0. The number of para-hydroxylation sites is 1. The van der Waals surface area contributed by atoms with Gasteiger partial charge in [0.25, 0.3) is 0 Å². The van der Waals surface area contributed by atoms with Gasteiger partial charge in [0, 0.05) is 16.6 Å². The third-order valence-electron chi connectivity index (χ3n) is 7.01. The molecule has 1 unspecified atom stereocenters. The molecule has 35 heavy (non-hydrogen) atoms. The standard InChI is InChI=1S/C28H36N2O4Si/c1-20-15-22(24-9-7-8-10-25(24)29-20)17-32-23-13-11-21(12-14-23)26-16-28(18-31,34-30-26)19-33-35(5,6)27(2,3)4/h7-16,30-31H,17-19H2,1-6H3. The molecule has 1 atom stereocenters. The molecule has 3 aromatic rings. The van der Waals surface area contributed by atoms with Gasteiger partial charge in [0.05, 0.1) is 24.4 Å². The predicted molar refractivity (Wildman–Crippen MR) is 142 cm³/mol. The van der Waals surface area contributed by atoms with Crippen LogP contribution in [0.3, 0.4) is 0 Å². The van der Waals surface area contributed by atoms with E-state index in [0.717, 1.165) is 39.2 Å². The van der Waals surface area contributed by atoms with Crippen molar-refractivity contribution in [1.29, 1.82) is 0 Å². The second-order valence-electron chi connectivity index (χ2n) is 10.8. The van der Waals surface area contributed by atoms with Gasteiger partial charge in [-0.25, -0.2) is 0 Å². The highest BCUT2D eigenvalue weighted by Crippen LogP contribution is 2.38. The SMILES string of the molecule is Cc1cc(COc2ccc(C3=CC(CO)(CO[Si](C)(C)C(C)(C)C)ON3)cc2)c2ccccc2n1. The number of aromatic nitrogens is 1. The number of fused-ring (bicyclic) bond motifs is 1. The number of benzene rings is 2. The highest BCUT2D eigenvalue weighted by Gasteiger charge is 2.42. The molecule has 0 bridgehead atoms. The maximum absolute atomic E-state index is 10.1. The van der Waals surface area contributed by atoms with Gasteiger partial charge in [0.15, 0.2) is 13.9 Å². The van der Waals surface area contributed by atoms with Gasteiger partial charge in [0.2, 0.25) is 0 Å². The first-order chi connectivity index (χ1) is 16.5. The van der Waals surface area contributed by atoms with E-state index >= 15 is 0 Å². The van der Waals surface area contributed by atoms with Crippen LogP contribution in [0.4, 0.5) is 0 Å². The summed E-state index contributed by atoms with van der Waals surface area (Å²) in [7, 11) is -1.97. The number of hydrogen-bond donors (Lipinski definition) is 2. The van der Waals surface area contributed by atoms with Crippen LogP contribution in [0.2, 0.25) is 18.1 Å². The van der Waals surface area contributed by atoms with E-state index in [9.17, 15) is 5.11 Å². The lowest BCUT2D eigenvalue weighted by Crippen LogP contribution is -2.47. The zero-order chi connectivity index (χ0) is 25.3. The minimum Gasteiger partial charge on any atom is -0.489 e. The topological polar surface area (TPSA) is 72.8 Å². The average molecular weight is 493 g/mol. The molecule has 2 aromatic carbocycles. The summed E-state index contributed by atoms with van der Waals surface area (Å²) in [6, 6.07) is 18.0. The molecule has 6 nitrogen and oxygen atoms in total. The number of aliphatic hydroxyl groups is 1. The molecule has 0 radical (unpaired) electrons. The Bertz CT molecular complexity index is 1220. The summed E-state index contributed by atoms with van der Waals surface area (Å²) in [5, 5.41) is 11.3. The van der Waals surface area contributed by atoms with E-state index in [0.29, 0.717) is 13.2 Å². The van der Waals surface area contributed by atoms with Gasteiger partial charge in [-0.15, -0.1) is 0 Å². The van der Waals surface area contributed by atoms with Crippen LogP contribution < -0.4 is 10.2 Å². The summed E-state index contributed by atoms with van der Waals surface area (Å²) in [6.07, 6.45) is 1.92. The van der Waals surface area contributed by atoms with Crippen molar-refractivity contribution in [1.82, 2.24) is 10.5 Å². The Morgan fingerprint density at radius 1 is 1.09 bits per heavy atom. The highest BCUT2D eigenvalue weighted by atomic mass is 28.4. The summed E-state index contributed by atoms with van der Waals surface area (Å²) >= 11 is 0. The number of pyridine rings is 1. The molecule has 0 aliphatic carbocycles. The van der Waals surface area contributed by atoms with Crippen LogP contribution in [0.5, 0.6) is 5.75 Å². The van der Waals surface area contributed by atoms with Crippen LogP contribution in [0.1, 0.15) is 37.6 Å².